The molecule has 2 fully saturated rings. The Kier molecular flexibility index (Phi) is 11.1. The van der Waals surface area contributed by atoms with Crippen molar-refractivity contribution in [2.24, 2.45) is 11.8 Å². The summed E-state index contributed by atoms with van der Waals surface area (Å²) in [4.78, 5) is 30.6. The molecule has 1 saturated carbocycles. The Labute approximate surface area is 214 Å². The van der Waals surface area contributed by atoms with E-state index in [1.807, 2.05) is 37.4 Å². The van der Waals surface area contributed by atoms with E-state index < -0.39 is 5.54 Å². The fraction of sp³-hybridized carbons (Fsp3) is 0.733. The highest BCUT2D eigenvalue weighted by atomic mass is 16.2. The third-order valence-corrected chi connectivity index (χ3v) is 8.27. The van der Waals surface area contributed by atoms with Gasteiger partial charge in [0.2, 0.25) is 0 Å². The SMILES string of the molecule is CCCCCCCCCCCCN(C)CN1C(=O)NC(c2ccccc2)(C2CCC(C)CC2)C1=O. The molecule has 5 heteroatoms. The van der Waals surface area contributed by atoms with Crippen molar-refractivity contribution in [3.8, 4) is 0 Å². The number of carbonyl (C=O) groups excluding carboxylic acids is 2. The fourth-order valence-electron chi connectivity index (χ4n) is 6.01. The van der Waals surface area contributed by atoms with E-state index in [0.29, 0.717) is 12.6 Å². The maximum atomic E-state index is 13.9. The van der Waals surface area contributed by atoms with Gasteiger partial charge in [-0.15, -0.1) is 0 Å². The number of urea groups is 1. The molecule has 5 nitrogen and oxygen atoms in total. The molecular weight excluding hydrogens is 434 g/mol. The fourth-order valence-corrected chi connectivity index (χ4v) is 6.01. The van der Waals surface area contributed by atoms with Crippen LogP contribution in [0.4, 0.5) is 4.79 Å². The summed E-state index contributed by atoms with van der Waals surface area (Å²) >= 11 is 0. The summed E-state index contributed by atoms with van der Waals surface area (Å²) in [6.45, 7) is 5.82. The lowest BCUT2D eigenvalue weighted by Gasteiger charge is -2.39. The van der Waals surface area contributed by atoms with Crippen molar-refractivity contribution in [2.45, 2.75) is 109 Å². The molecule has 3 rings (SSSR count). The van der Waals surface area contributed by atoms with Gasteiger partial charge in [0.25, 0.3) is 5.91 Å². The van der Waals surface area contributed by atoms with Crippen LogP contribution in [0.15, 0.2) is 30.3 Å². The number of hydrogen-bond acceptors (Lipinski definition) is 3. The van der Waals surface area contributed by atoms with Crippen molar-refractivity contribution in [1.29, 1.82) is 0 Å². The molecule has 1 aromatic carbocycles. The number of nitrogens with zero attached hydrogens (tertiary/aromatic N) is 2. The molecule has 1 aromatic rings. The first-order valence-corrected chi connectivity index (χ1v) is 14.4. The number of rotatable bonds is 15. The van der Waals surface area contributed by atoms with Crippen LogP contribution in [0.2, 0.25) is 0 Å². The van der Waals surface area contributed by atoms with E-state index in [1.165, 1.54) is 62.7 Å². The zero-order valence-corrected chi connectivity index (χ0v) is 22.6. The van der Waals surface area contributed by atoms with Crippen LogP contribution in [-0.4, -0.2) is 42.0 Å². The molecule has 0 radical (unpaired) electrons. The van der Waals surface area contributed by atoms with E-state index in [9.17, 15) is 9.59 Å². The van der Waals surface area contributed by atoms with E-state index in [0.717, 1.165) is 44.2 Å². The molecule has 1 atom stereocenters. The van der Waals surface area contributed by atoms with Crippen molar-refractivity contribution < 1.29 is 9.59 Å². The van der Waals surface area contributed by atoms with E-state index in [2.05, 4.69) is 24.1 Å². The van der Waals surface area contributed by atoms with Gasteiger partial charge >= 0.3 is 6.03 Å². The van der Waals surface area contributed by atoms with Gasteiger partial charge in [-0.1, -0.05) is 115 Å². The van der Waals surface area contributed by atoms with Crippen LogP contribution in [0, 0.1) is 11.8 Å². The van der Waals surface area contributed by atoms with Crippen LogP contribution >= 0.6 is 0 Å². The molecule has 3 amide bonds. The molecule has 0 spiro atoms. The number of amides is 3. The van der Waals surface area contributed by atoms with Crippen molar-refractivity contribution in [3.05, 3.63) is 35.9 Å². The van der Waals surface area contributed by atoms with E-state index in [4.69, 9.17) is 0 Å². The number of carbonyl (C=O) groups is 2. The largest absolute Gasteiger partial charge is 0.326 e. The summed E-state index contributed by atoms with van der Waals surface area (Å²) < 4.78 is 0. The summed E-state index contributed by atoms with van der Waals surface area (Å²) in [6, 6.07) is 9.69. The molecule has 1 saturated heterocycles. The number of unbranched alkanes of at least 4 members (excludes halogenated alkanes) is 9. The predicted molar refractivity (Wildman–Crippen MR) is 144 cm³/mol. The Balaban J connectivity index is 1.50. The van der Waals surface area contributed by atoms with Crippen molar-refractivity contribution in [3.63, 3.8) is 0 Å². The summed E-state index contributed by atoms with van der Waals surface area (Å²) in [5.41, 5.74) is 0.00829. The second-order valence-electron chi connectivity index (χ2n) is 11.2. The van der Waals surface area contributed by atoms with Crippen molar-refractivity contribution >= 4 is 11.9 Å². The average molecular weight is 484 g/mol. The Morgan fingerprint density at radius 1 is 0.886 bits per heavy atom. The quantitative estimate of drug-likeness (QED) is 0.214. The van der Waals surface area contributed by atoms with E-state index in [1.54, 1.807) is 0 Å². The van der Waals surface area contributed by atoms with E-state index >= 15 is 0 Å². The van der Waals surface area contributed by atoms with Gasteiger partial charge in [-0.25, -0.2) is 9.69 Å². The molecule has 1 heterocycles. The lowest BCUT2D eigenvalue weighted by atomic mass is 9.69. The molecule has 35 heavy (non-hydrogen) atoms. The van der Waals surface area contributed by atoms with Gasteiger partial charge in [-0.2, -0.15) is 0 Å². The van der Waals surface area contributed by atoms with Gasteiger partial charge in [0.1, 0.15) is 5.54 Å². The predicted octanol–water partition coefficient (Wildman–Crippen LogP) is 7.07. The highest BCUT2D eigenvalue weighted by Crippen LogP contribution is 2.44. The average Bonchev–Trinajstić information content (AvgIpc) is 3.11. The zero-order valence-electron chi connectivity index (χ0n) is 22.6. The molecular formula is C30H49N3O2. The van der Waals surface area contributed by atoms with Gasteiger partial charge in [-0.3, -0.25) is 9.69 Å². The molecule has 1 aliphatic carbocycles. The first-order valence-electron chi connectivity index (χ1n) is 14.4. The van der Waals surface area contributed by atoms with Gasteiger partial charge in [-0.05, 0) is 50.3 Å². The highest BCUT2D eigenvalue weighted by molar-refractivity contribution is 6.07. The Morgan fingerprint density at radius 2 is 1.46 bits per heavy atom. The first-order chi connectivity index (χ1) is 17.0. The minimum absolute atomic E-state index is 0.0665. The van der Waals surface area contributed by atoms with E-state index in [-0.39, 0.29) is 17.9 Å². The Bertz CT molecular complexity index is 775. The standard InChI is InChI=1S/C30H49N3O2/c1-4-5-6-7-8-9-10-11-12-16-23-32(3)24-33-28(34)30(31-29(33)35,26-17-14-13-15-18-26)27-21-19-25(2)20-22-27/h13-15,17-18,25,27H,4-12,16,19-24H2,1-3H3,(H,31,35). The Morgan fingerprint density at radius 3 is 2.06 bits per heavy atom. The van der Waals surface area contributed by atoms with Gasteiger partial charge in [0.05, 0.1) is 6.67 Å². The van der Waals surface area contributed by atoms with Gasteiger partial charge in [0.15, 0.2) is 0 Å². The summed E-state index contributed by atoms with van der Waals surface area (Å²) in [5.74, 6) is 0.771. The zero-order chi connectivity index (χ0) is 25.1. The smallest absolute Gasteiger partial charge is 0.319 e. The maximum Gasteiger partial charge on any atom is 0.326 e. The minimum Gasteiger partial charge on any atom is -0.319 e. The molecule has 0 aromatic heterocycles. The summed E-state index contributed by atoms with van der Waals surface area (Å²) in [5, 5.41) is 3.19. The van der Waals surface area contributed by atoms with Gasteiger partial charge in [0, 0.05) is 0 Å². The number of benzene rings is 1. The van der Waals surface area contributed by atoms with Crippen molar-refractivity contribution in [2.75, 3.05) is 20.3 Å². The van der Waals surface area contributed by atoms with Crippen LogP contribution < -0.4 is 5.32 Å². The number of nitrogens with one attached hydrogen (secondary N) is 1. The molecule has 2 aliphatic rings. The third kappa shape index (κ3) is 7.31. The number of imide groups is 1. The van der Waals surface area contributed by atoms with Crippen molar-refractivity contribution in [1.82, 2.24) is 15.1 Å². The monoisotopic (exact) mass is 483 g/mol. The molecule has 1 unspecified atom stereocenters. The van der Waals surface area contributed by atoms with Gasteiger partial charge < -0.3 is 5.32 Å². The lowest BCUT2D eigenvalue weighted by Crippen LogP contribution is -2.51. The Hall–Kier alpha value is -1.88. The maximum absolute atomic E-state index is 13.9. The second kappa shape index (κ2) is 14.0. The lowest BCUT2D eigenvalue weighted by molar-refractivity contribution is -0.135. The molecule has 1 aliphatic heterocycles. The highest BCUT2D eigenvalue weighted by Gasteiger charge is 2.57. The summed E-state index contributed by atoms with van der Waals surface area (Å²) in [6.07, 6.45) is 17.3. The summed E-state index contributed by atoms with van der Waals surface area (Å²) in [7, 11) is 2.03. The first kappa shape index (κ1) is 27.7. The second-order valence-corrected chi connectivity index (χ2v) is 11.2. The minimum atomic E-state index is -0.920. The molecule has 1 N–H and O–H groups in total. The number of hydrogen-bond donors (Lipinski definition) is 1. The van der Waals surface area contributed by atoms with Crippen LogP contribution in [0.25, 0.3) is 0 Å². The topological polar surface area (TPSA) is 52.6 Å². The van der Waals surface area contributed by atoms with Crippen LogP contribution in [-0.2, 0) is 10.3 Å². The third-order valence-electron chi connectivity index (χ3n) is 8.27. The van der Waals surface area contributed by atoms with Crippen LogP contribution in [0.1, 0.15) is 109 Å². The van der Waals surface area contributed by atoms with Crippen LogP contribution in [0.5, 0.6) is 0 Å². The molecule has 196 valence electrons. The van der Waals surface area contributed by atoms with Crippen LogP contribution in [0.3, 0.4) is 0 Å². The molecule has 0 bridgehead atoms. The normalized spacial score (nSPS) is 24.9.